The van der Waals surface area contributed by atoms with Crippen LogP contribution in [0.4, 0.5) is 11.4 Å². The minimum absolute atomic E-state index is 0.113. The second-order valence-corrected chi connectivity index (χ2v) is 9.84. The number of phenolic OH excluding ortho intramolecular Hbond substituents is 1. The average Bonchev–Trinajstić information content (AvgIpc) is 2.75. The molecule has 10 nitrogen and oxygen atoms in total. The molecule has 0 radical (unpaired) electrons. The summed E-state index contributed by atoms with van der Waals surface area (Å²) in [5.41, 5.74) is 5.08. The normalized spacial score (nSPS) is 11.5. The van der Waals surface area contributed by atoms with Crippen LogP contribution in [0.25, 0.3) is 0 Å². The summed E-state index contributed by atoms with van der Waals surface area (Å²) in [6, 6.07) is 14.3. The molecule has 32 heavy (non-hydrogen) atoms. The quantitative estimate of drug-likeness (QED) is 0.361. The van der Waals surface area contributed by atoms with Crippen molar-refractivity contribution in [2.45, 2.75) is 9.79 Å². The molecule has 0 bridgehead atoms. The minimum atomic E-state index is -4.21. The van der Waals surface area contributed by atoms with Crippen molar-refractivity contribution in [3.05, 3.63) is 72.3 Å². The van der Waals surface area contributed by atoms with E-state index >= 15 is 0 Å². The largest absolute Gasteiger partial charge is 0.506 e. The van der Waals surface area contributed by atoms with Gasteiger partial charge in [-0.2, -0.15) is 0 Å². The fourth-order valence-corrected chi connectivity index (χ4v) is 4.86. The van der Waals surface area contributed by atoms with Crippen molar-refractivity contribution >= 4 is 37.3 Å². The maximum atomic E-state index is 12.8. The molecular weight excluding hydrogens is 458 g/mol. The Bertz CT molecular complexity index is 1370. The van der Waals surface area contributed by atoms with Gasteiger partial charge < -0.3 is 15.6 Å². The zero-order valence-corrected chi connectivity index (χ0v) is 18.3. The van der Waals surface area contributed by atoms with Crippen LogP contribution in [-0.4, -0.2) is 35.0 Å². The molecule has 0 saturated carbocycles. The number of hydrogen-bond acceptors (Lipinski definition) is 7. The third kappa shape index (κ3) is 4.92. The molecule has 3 aromatic carbocycles. The molecule has 0 heterocycles. The van der Waals surface area contributed by atoms with Crippen molar-refractivity contribution in [1.29, 1.82) is 0 Å². The molecule has 3 aromatic rings. The van der Waals surface area contributed by atoms with Gasteiger partial charge in [0.15, 0.2) is 0 Å². The molecule has 3 rings (SSSR count). The number of nitrogens with two attached hydrogens (primary N) is 1. The Morgan fingerprint density at radius 3 is 2.03 bits per heavy atom. The fraction of sp³-hybridized carbons (Fsp3) is 0.0500. The smallest absolute Gasteiger partial charge is 0.262 e. The summed E-state index contributed by atoms with van der Waals surface area (Å²) in [5.74, 6) is -0.922. The summed E-state index contributed by atoms with van der Waals surface area (Å²) in [4.78, 5) is 10.6. The summed E-state index contributed by atoms with van der Waals surface area (Å²) in [7, 11) is -6.97. The number of rotatable bonds is 8. The number of anilines is 2. The van der Waals surface area contributed by atoms with E-state index in [0.717, 1.165) is 30.3 Å². The van der Waals surface area contributed by atoms with Crippen molar-refractivity contribution in [3.63, 3.8) is 0 Å². The van der Waals surface area contributed by atoms with Crippen LogP contribution in [0, 0.1) is 0 Å². The number of phenols is 1. The second-order valence-electron chi connectivity index (χ2n) is 6.48. The molecule has 0 aliphatic heterocycles. The number of sulfonamides is 2. The Labute approximate surface area is 184 Å². The van der Waals surface area contributed by atoms with Crippen LogP contribution >= 0.6 is 0 Å². The van der Waals surface area contributed by atoms with Gasteiger partial charge in [-0.1, -0.05) is 12.1 Å². The SMILES string of the molecule is COc1ccccc1NS(=O)(=O)c1ccc(O)c(NS(=O)(=O)c2ccc(C(N)=O)cc2)c1. The number of nitrogens with one attached hydrogen (secondary N) is 2. The van der Waals surface area contributed by atoms with E-state index < -0.39 is 31.7 Å². The zero-order valence-electron chi connectivity index (χ0n) is 16.6. The number of benzene rings is 3. The van der Waals surface area contributed by atoms with E-state index in [1.54, 1.807) is 18.2 Å². The van der Waals surface area contributed by atoms with E-state index in [9.17, 15) is 26.7 Å². The average molecular weight is 478 g/mol. The molecule has 0 saturated heterocycles. The van der Waals surface area contributed by atoms with E-state index in [4.69, 9.17) is 10.5 Å². The Balaban J connectivity index is 1.92. The van der Waals surface area contributed by atoms with E-state index in [2.05, 4.69) is 9.44 Å². The number of methoxy groups -OCH3 is 1. The van der Waals surface area contributed by atoms with E-state index in [1.807, 2.05) is 0 Å². The van der Waals surface area contributed by atoms with E-state index in [1.165, 1.54) is 25.3 Å². The molecule has 1 amide bonds. The number of carbonyl (C=O) groups is 1. The van der Waals surface area contributed by atoms with Gasteiger partial charge in [0.1, 0.15) is 11.5 Å². The van der Waals surface area contributed by atoms with Gasteiger partial charge in [-0.25, -0.2) is 16.8 Å². The van der Waals surface area contributed by atoms with E-state index in [0.29, 0.717) is 0 Å². The van der Waals surface area contributed by atoms with Crippen molar-refractivity contribution < 1.29 is 31.5 Å². The highest BCUT2D eigenvalue weighted by molar-refractivity contribution is 7.93. The van der Waals surface area contributed by atoms with Gasteiger partial charge in [-0.05, 0) is 54.6 Å². The van der Waals surface area contributed by atoms with Crippen LogP contribution in [0.3, 0.4) is 0 Å². The summed E-state index contributed by atoms with van der Waals surface area (Å²) < 4.78 is 60.5. The van der Waals surface area contributed by atoms with Gasteiger partial charge >= 0.3 is 0 Å². The lowest BCUT2D eigenvalue weighted by Gasteiger charge is -2.14. The third-order valence-corrected chi connectivity index (χ3v) is 7.07. The first-order chi connectivity index (χ1) is 15.0. The maximum Gasteiger partial charge on any atom is 0.262 e. The molecule has 0 unspecified atom stereocenters. The Morgan fingerprint density at radius 1 is 0.844 bits per heavy atom. The minimum Gasteiger partial charge on any atom is -0.506 e. The molecule has 0 spiro atoms. The molecule has 0 aliphatic rings. The Hall–Kier alpha value is -3.77. The number of carbonyl (C=O) groups excluding carboxylic acids is 1. The van der Waals surface area contributed by atoms with Gasteiger partial charge in [0.2, 0.25) is 5.91 Å². The van der Waals surface area contributed by atoms with Crippen molar-refractivity contribution in [2.24, 2.45) is 5.73 Å². The first-order valence-electron chi connectivity index (χ1n) is 8.95. The molecule has 0 aromatic heterocycles. The number of ether oxygens (including phenoxy) is 1. The first-order valence-corrected chi connectivity index (χ1v) is 11.9. The predicted octanol–water partition coefficient (Wildman–Crippen LogP) is 2.10. The van der Waals surface area contributed by atoms with Crippen LogP contribution < -0.4 is 19.9 Å². The van der Waals surface area contributed by atoms with Gasteiger partial charge in [-0.15, -0.1) is 0 Å². The summed E-state index contributed by atoms with van der Waals surface area (Å²) in [5, 5.41) is 10.1. The van der Waals surface area contributed by atoms with Crippen LogP contribution in [0.5, 0.6) is 11.5 Å². The van der Waals surface area contributed by atoms with Crippen molar-refractivity contribution in [2.75, 3.05) is 16.6 Å². The molecule has 0 atom stereocenters. The molecule has 5 N–H and O–H groups in total. The lowest BCUT2D eigenvalue weighted by atomic mass is 10.2. The maximum absolute atomic E-state index is 12.8. The third-order valence-electron chi connectivity index (χ3n) is 4.32. The highest BCUT2D eigenvalue weighted by Gasteiger charge is 2.21. The summed E-state index contributed by atoms with van der Waals surface area (Å²) >= 11 is 0. The van der Waals surface area contributed by atoms with Gasteiger partial charge in [-0.3, -0.25) is 14.2 Å². The fourth-order valence-electron chi connectivity index (χ4n) is 2.70. The molecule has 0 fully saturated rings. The Morgan fingerprint density at radius 2 is 1.41 bits per heavy atom. The summed E-state index contributed by atoms with van der Waals surface area (Å²) in [6.07, 6.45) is 0. The topological polar surface area (TPSA) is 165 Å². The number of primary amides is 1. The lowest BCUT2D eigenvalue weighted by Crippen LogP contribution is -2.16. The highest BCUT2D eigenvalue weighted by Crippen LogP contribution is 2.31. The molecular formula is C20H19N3O7S2. The second kappa shape index (κ2) is 8.77. The molecule has 168 valence electrons. The number of para-hydroxylation sites is 2. The van der Waals surface area contributed by atoms with Gasteiger partial charge in [0.05, 0.1) is 28.3 Å². The zero-order chi connectivity index (χ0) is 23.5. The van der Waals surface area contributed by atoms with Crippen LogP contribution in [0.2, 0.25) is 0 Å². The summed E-state index contributed by atoms with van der Waals surface area (Å²) in [6.45, 7) is 0. The Kier molecular flexibility index (Phi) is 6.27. The number of amides is 1. The van der Waals surface area contributed by atoms with Crippen LogP contribution in [0.15, 0.2) is 76.5 Å². The predicted molar refractivity (Wildman–Crippen MR) is 118 cm³/mol. The monoisotopic (exact) mass is 477 g/mol. The van der Waals surface area contributed by atoms with Crippen LogP contribution in [-0.2, 0) is 20.0 Å². The van der Waals surface area contributed by atoms with Gasteiger partial charge in [0, 0.05) is 5.56 Å². The number of hydrogen-bond donors (Lipinski definition) is 4. The molecule has 12 heteroatoms. The van der Waals surface area contributed by atoms with Gasteiger partial charge in [0.25, 0.3) is 20.0 Å². The highest BCUT2D eigenvalue weighted by atomic mass is 32.2. The van der Waals surface area contributed by atoms with Crippen LogP contribution in [0.1, 0.15) is 10.4 Å². The standard InChI is InChI=1S/C20H19N3O7S2/c1-30-19-5-3-2-4-16(19)22-32(28,29)15-10-11-18(24)17(12-15)23-31(26,27)14-8-6-13(7-9-14)20(21)25/h2-12,22-24H,1H3,(H2,21,25). The lowest BCUT2D eigenvalue weighted by molar-refractivity contribution is 0.1000. The van der Waals surface area contributed by atoms with Crippen molar-refractivity contribution in [3.8, 4) is 11.5 Å². The number of aromatic hydroxyl groups is 1. The molecule has 0 aliphatic carbocycles. The van der Waals surface area contributed by atoms with Crippen molar-refractivity contribution in [1.82, 2.24) is 0 Å². The first kappa shape index (κ1) is 22.9. The van der Waals surface area contributed by atoms with E-state index in [-0.39, 0.29) is 32.5 Å².